The molecule has 1 heterocycles. The van der Waals surface area contributed by atoms with E-state index in [-0.39, 0.29) is 0 Å². The number of nitrogens with zero attached hydrogens (tertiary/aromatic N) is 1. The second kappa shape index (κ2) is 5.24. The molecule has 16 heavy (non-hydrogen) atoms. The first-order valence-corrected chi connectivity index (χ1v) is 6.40. The van der Waals surface area contributed by atoms with Crippen LogP contribution in [0.3, 0.4) is 0 Å². The highest BCUT2D eigenvalue weighted by atomic mass is 15.1. The lowest BCUT2D eigenvalue weighted by Gasteiger charge is -2.27. The summed E-state index contributed by atoms with van der Waals surface area (Å²) in [6.45, 7) is 4.51. The molecule has 1 aliphatic heterocycles. The van der Waals surface area contributed by atoms with Crippen molar-refractivity contribution in [2.45, 2.75) is 32.6 Å². The molecule has 1 aromatic carbocycles. The molecule has 0 saturated carbocycles. The minimum Gasteiger partial charge on any atom is -0.383 e. The van der Waals surface area contributed by atoms with Gasteiger partial charge in [0.25, 0.3) is 0 Å². The maximum atomic E-state index is 3.55. The number of hydrogen-bond acceptors (Lipinski definition) is 2. The van der Waals surface area contributed by atoms with E-state index in [9.17, 15) is 0 Å². The van der Waals surface area contributed by atoms with Gasteiger partial charge in [-0.2, -0.15) is 0 Å². The number of aryl methyl sites for hydroxylation is 1. The fraction of sp³-hybridized carbons (Fsp3) is 0.571. The molecular weight excluding hydrogens is 196 g/mol. The third kappa shape index (κ3) is 2.31. The van der Waals surface area contributed by atoms with Gasteiger partial charge in [-0.25, -0.2) is 0 Å². The van der Waals surface area contributed by atoms with Gasteiger partial charge in [-0.05, 0) is 30.9 Å². The van der Waals surface area contributed by atoms with E-state index in [0.717, 1.165) is 13.1 Å². The second-order valence-electron chi connectivity index (χ2n) is 4.62. The molecule has 1 aromatic rings. The van der Waals surface area contributed by atoms with E-state index in [1.165, 1.54) is 42.6 Å². The van der Waals surface area contributed by atoms with Crippen LogP contribution in [0.2, 0.25) is 0 Å². The topological polar surface area (TPSA) is 15.3 Å². The van der Waals surface area contributed by atoms with Crippen LogP contribution in [0.4, 0.5) is 11.4 Å². The minimum absolute atomic E-state index is 1.12. The molecule has 0 radical (unpaired) electrons. The summed E-state index contributed by atoms with van der Waals surface area (Å²) in [6.07, 6.45) is 5.00. The first kappa shape index (κ1) is 11.3. The minimum atomic E-state index is 1.12. The van der Waals surface area contributed by atoms with Crippen molar-refractivity contribution < 1.29 is 0 Å². The Labute approximate surface area is 98.7 Å². The summed E-state index contributed by atoms with van der Waals surface area (Å²) in [5.41, 5.74) is 4.21. The van der Waals surface area contributed by atoms with E-state index in [1.807, 2.05) is 0 Å². The normalized spacial score (nSPS) is 14.1. The van der Waals surface area contributed by atoms with Gasteiger partial charge in [0.2, 0.25) is 0 Å². The largest absolute Gasteiger partial charge is 0.383 e. The fourth-order valence-corrected chi connectivity index (χ4v) is 2.33. The molecule has 0 aliphatic carbocycles. The van der Waals surface area contributed by atoms with E-state index in [1.54, 1.807) is 0 Å². The number of rotatable bonds is 4. The zero-order valence-corrected chi connectivity index (χ0v) is 10.4. The molecule has 0 spiro atoms. The number of nitrogens with one attached hydrogen (secondary N) is 1. The highest BCUT2D eigenvalue weighted by Gasteiger charge is 2.14. The van der Waals surface area contributed by atoms with Crippen molar-refractivity contribution in [1.29, 1.82) is 0 Å². The Bertz CT molecular complexity index is 347. The Morgan fingerprint density at radius 1 is 1.38 bits per heavy atom. The SMILES string of the molecule is CCCCN(C)c1cccc2c1NCCC2. The van der Waals surface area contributed by atoms with E-state index in [2.05, 4.69) is 42.4 Å². The lowest BCUT2D eigenvalue weighted by molar-refractivity contribution is 0.763. The number of para-hydroxylation sites is 1. The summed E-state index contributed by atoms with van der Waals surface area (Å²) >= 11 is 0. The second-order valence-corrected chi connectivity index (χ2v) is 4.62. The van der Waals surface area contributed by atoms with Crippen LogP contribution in [-0.4, -0.2) is 20.1 Å². The molecule has 2 heteroatoms. The molecule has 1 N–H and O–H groups in total. The van der Waals surface area contributed by atoms with Gasteiger partial charge < -0.3 is 10.2 Å². The Morgan fingerprint density at radius 2 is 2.25 bits per heavy atom. The smallest absolute Gasteiger partial charge is 0.0610 e. The number of hydrogen-bond donors (Lipinski definition) is 1. The van der Waals surface area contributed by atoms with Gasteiger partial charge in [-0.15, -0.1) is 0 Å². The molecule has 88 valence electrons. The van der Waals surface area contributed by atoms with Crippen LogP contribution in [0.1, 0.15) is 31.7 Å². The first-order valence-electron chi connectivity index (χ1n) is 6.40. The maximum Gasteiger partial charge on any atom is 0.0610 e. The monoisotopic (exact) mass is 218 g/mol. The Kier molecular flexibility index (Phi) is 3.70. The van der Waals surface area contributed by atoms with Crippen LogP contribution in [0.25, 0.3) is 0 Å². The first-order chi connectivity index (χ1) is 7.83. The molecule has 0 fully saturated rings. The number of benzene rings is 1. The van der Waals surface area contributed by atoms with Crippen molar-refractivity contribution >= 4 is 11.4 Å². The average Bonchev–Trinajstić information content (AvgIpc) is 2.35. The fourth-order valence-electron chi connectivity index (χ4n) is 2.33. The van der Waals surface area contributed by atoms with Crippen LogP contribution in [-0.2, 0) is 6.42 Å². The van der Waals surface area contributed by atoms with Crippen molar-refractivity contribution in [3.05, 3.63) is 23.8 Å². The van der Waals surface area contributed by atoms with Crippen molar-refractivity contribution in [2.75, 3.05) is 30.4 Å². The zero-order chi connectivity index (χ0) is 11.4. The van der Waals surface area contributed by atoms with Gasteiger partial charge >= 0.3 is 0 Å². The molecule has 2 nitrogen and oxygen atoms in total. The summed E-state index contributed by atoms with van der Waals surface area (Å²) in [5.74, 6) is 0. The quantitative estimate of drug-likeness (QED) is 0.834. The summed E-state index contributed by atoms with van der Waals surface area (Å²) in [5, 5.41) is 3.55. The highest BCUT2D eigenvalue weighted by Crippen LogP contribution is 2.32. The van der Waals surface area contributed by atoms with Gasteiger partial charge in [-0.1, -0.05) is 25.5 Å². The van der Waals surface area contributed by atoms with Crippen molar-refractivity contribution in [3.8, 4) is 0 Å². The van der Waals surface area contributed by atoms with E-state index >= 15 is 0 Å². The maximum absolute atomic E-state index is 3.55. The Hall–Kier alpha value is -1.18. The average molecular weight is 218 g/mol. The molecule has 1 aliphatic rings. The molecule has 0 amide bonds. The van der Waals surface area contributed by atoms with E-state index < -0.39 is 0 Å². The summed E-state index contributed by atoms with van der Waals surface area (Å²) in [6, 6.07) is 6.66. The predicted molar refractivity (Wildman–Crippen MR) is 71.4 cm³/mol. The van der Waals surface area contributed by atoms with E-state index in [4.69, 9.17) is 0 Å². The summed E-state index contributed by atoms with van der Waals surface area (Å²) in [7, 11) is 2.20. The van der Waals surface area contributed by atoms with Crippen LogP contribution >= 0.6 is 0 Å². The van der Waals surface area contributed by atoms with Crippen LogP contribution in [0, 0.1) is 0 Å². The van der Waals surface area contributed by atoms with Crippen molar-refractivity contribution in [3.63, 3.8) is 0 Å². The number of anilines is 2. The molecule has 0 saturated heterocycles. The Morgan fingerprint density at radius 3 is 3.06 bits per heavy atom. The molecular formula is C14H22N2. The molecule has 0 atom stereocenters. The van der Waals surface area contributed by atoms with Crippen molar-refractivity contribution in [2.24, 2.45) is 0 Å². The Balaban J connectivity index is 2.19. The molecule has 2 rings (SSSR count). The number of fused-ring (bicyclic) bond motifs is 1. The van der Waals surface area contributed by atoms with Crippen molar-refractivity contribution in [1.82, 2.24) is 0 Å². The van der Waals surface area contributed by atoms with Crippen LogP contribution in [0.5, 0.6) is 0 Å². The lowest BCUT2D eigenvalue weighted by Crippen LogP contribution is -2.22. The lowest BCUT2D eigenvalue weighted by atomic mass is 10.0. The van der Waals surface area contributed by atoms with E-state index in [0.29, 0.717) is 0 Å². The highest BCUT2D eigenvalue weighted by molar-refractivity contribution is 5.74. The molecule has 0 unspecified atom stereocenters. The number of unbranched alkanes of at least 4 members (excludes halogenated alkanes) is 1. The predicted octanol–water partition coefficient (Wildman–Crippen LogP) is 3.28. The summed E-state index contributed by atoms with van der Waals surface area (Å²) < 4.78 is 0. The summed E-state index contributed by atoms with van der Waals surface area (Å²) in [4.78, 5) is 2.38. The zero-order valence-electron chi connectivity index (χ0n) is 10.4. The standard InChI is InChI=1S/C14H22N2/c1-3-4-11-16(2)13-9-5-7-12-8-6-10-15-14(12)13/h5,7,9,15H,3-4,6,8,10-11H2,1-2H3. The van der Waals surface area contributed by atoms with Gasteiger partial charge in [-0.3, -0.25) is 0 Å². The van der Waals surface area contributed by atoms with Gasteiger partial charge in [0.05, 0.1) is 11.4 Å². The third-order valence-corrected chi connectivity index (χ3v) is 3.31. The van der Waals surface area contributed by atoms with Gasteiger partial charge in [0.15, 0.2) is 0 Å². The third-order valence-electron chi connectivity index (χ3n) is 3.31. The van der Waals surface area contributed by atoms with Gasteiger partial charge in [0.1, 0.15) is 0 Å². The van der Waals surface area contributed by atoms with Crippen LogP contribution < -0.4 is 10.2 Å². The van der Waals surface area contributed by atoms with Gasteiger partial charge in [0, 0.05) is 20.1 Å². The molecule has 0 aromatic heterocycles. The molecule has 0 bridgehead atoms. The van der Waals surface area contributed by atoms with Crippen LogP contribution in [0.15, 0.2) is 18.2 Å².